The van der Waals surface area contributed by atoms with E-state index in [0.29, 0.717) is 19.6 Å². The molecule has 2 aromatic carbocycles. The molecule has 3 rings (SSSR count). The van der Waals surface area contributed by atoms with Gasteiger partial charge in [0, 0.05) is 36.8 Å². The Bertz CT molecular complexity index is 747. The quantitative estimate of drug-likeness (QED) is 0.780. The van der Waals surface area contributed by atoms with Gasteiger partial charge in [-0.05, 0) is 31.2 Å². The Hall–Kier alpha value is -2.31. The molecule has 2 aromatic rings. The van der Waals surface area contributed by atoms with E-state index in [9.17, 15) is 9.59 Å². The van der Waals surface area contributed by atoms with Gasteiger partial charge >= 0.3 is 0 Å². The number of benzene rings is 2. The molecular weight excluding hydrogens is 358 g/mol. The maximum Gasteiger partial charge on any atom is 0.238 e. The summed E-state index contributed by atoms with van der Waals surface area (Å²) >= 11 is 1.59. The number of piperazine rings is 1. The van der Waals surface area contributed by atoms with Crippen molar-refractivity contribution in [3.63, 3.8) is 0 Å². The number of hydrogen-bond acceptors (Lipinski definition) is 4. The van der Waals surface area contributed by atoms with Crippen LogP contribution in [0.5, 0.6) is 0 Å². The first-order chi connectivity index (χ1) is 13.1. The minimum absolute atomic E-state index is 0.0195. The summed E-state index contributed by atoms with van der Waals surface area (Å²) < 4.78 is 0. The lowest BCUT2D eigenvalue weighted by Crippen LogP contribution is -2.52. The van der Waals surface area contributed by atoms with Crippen molar-refractivity contribution >= 4 is 29.3 Å². The number of rotatable bonds is 6. The minimum atomic E-state index is -0.111. The fraction of sp³-hybridized carbons (Fsp3) is 0.333. The molecular formula is C21H25N3O2S. The lowest BCUT2D eigenvalue weighted by molar-refractivity contribution is -0.132. The number of nitrogens with zero attached hydrogens (tertiary/aromatic N) is 2. The molecule has 27 heavy (non-hydrogen) atoms. The van der Waals surface area contributed by atoms with E-state index in [1.165, 1.54) is 0 Å². The Labute approximate surface area is 164 Å². The van der Waals surface area contributed by atoms with Gasteiger partial charge in [-0.2, -0.15) is 0 Å². The van der Waals surface area contributed by atoms with Crippen LogP contribution in [0.25, 0.3) is 0 Å². The predicted molar refractivity (Wildman–Crippen MR) is 110 cm³/mol. The smallest absolute Gasteiger partial charge is 0.238 e. The number of anilines is 1. The number of carbonyl (C=O) groups excluding carboxylic acids is 2. The lowest BCUT2D eigenvalue weighted by Gasteiger charge is -2.35. The summed E-state index contributed by atoms with van der Waals surface area (Å²) in [6.45, 7) is 5.08. The van der Waals surface area contributed by atoms with Crippen LogP contribution in [0.1, 0.15) is 6.92 Å². The summed E-state index contributed by atoms with van der Waals surface area (Å²) in [5.74, 6) is 0.145. The molecule has 1 fully saturated rings. The van der Waals surface area contributed by atoms with Crippen molar-refractivity contribution < 1.29 is 9.59 Å². The molecule has 0 saturated carbocycles. The number of nitrogens with one attached hydrogen (secondary N) is 1. The third-order valence-electron chi connectivity index (χ3n) is 4.51. The van der Waals surface area contributed by atoms with Gasteiger partial charge in [0.25, 0.3) is 0 Å². The van der Waals surface area contributed by atoms with Crippen molar-refractivity contribution in [2.45, 2.75) is 17.1 Å². The zero-order valence-corrected chi connectivity index (χ0v) is 16.3. The predicted octanol–water partition coefficient (Wildman–Crippen LogP) is 2.95. The second-order valence-electron chi connectivity index (χ2n) is 6.59. The first-order valence-electron chi connectivity index (χ1n) is 9.19. The number of thioether (sulfide) groups is 1. The summed E-state index contributed by atoms with van der Waals surface area (Å²) in [4.78, 5) is 30.0. The molecule has 0 radical (unpaired) electrons. The molecule has 1 heterocycles. The van der Waals surface area contributed by atoms with Crippen LogP contribution in [0.4, 0.5) is 5.69 Å². The number of carbonyl (C=O) groups is 2. The third kappa shape index (κ3) is 5.84. The second kappa shape index (κ2) is 9.58. The van der Waals surface area contributed by atoms with E-state index in [0.717, 1.165) is 23.7 Å². The van der Waals surface area contributed by atoms with Crippen molar-refractivity contribution in [2.24, 2.45) is 0 Å². The van der Waals surface area contributed by atoms with Gasteiger partial charge in [0.05, 0.1) is 11.8 Å². The van der Waals surface area contributed by atoms with E-state index in [2.05, 4.69) is 10.2 Å². The molecule has 0 aliphatic carbocycles. The average molecular weight is 384 g/mol. The van der Waals surface area contributed by atoms with Crippen LogP contribution >= 0.6 is 11.8 Å². The largest absolute Gasteiger partial charge is 0.339 e. The average Bonchev–Trinajstić information content (AvgIpc) is 2.69. The molecule has 5 nitrogen and oxygen atoms in total. The maximum absolute atomic E-state index is 12.7. The highest BCUT2D eigenvalue weighted by Crippen LogP contribution is 2.24. The Morgan fingerprint density at radius 2 is 1.56 bits per heavy atom. The molecule has 1 aliphatic rings. The topological polar surface area (TPSA) is 52.7 Å². The maximum atomic E-state index is 12.7. The van der Waals surface area contributed by atoms with E-state index in [1.807, 2.05) is 72.5 Å². The van der Waals surface area contributed by atoms with Crippen molar-refractivity contribution in [3.05, 3.63) is 60.7 Å². The van der Waals surface area contributed by atoms with Crippen LogP contribution in [0.3, 0.4) is 0 Å². The van der Waals surface area contributed by atoms with Gasteiger partial charge in [0.2, 0.25) is 11.8 Å². The number of amides is 2. The fourth-order valence-corrected chi connectivity index (χ4v) is 4.03. The highest BCUT2D eigenvalue weighted by atomic mass is 32.2. The standard InChI is InChI=1S/C21H25N3O2S/c1-17(27-19-10-6-3-7-11-19)21(26)24-14-12-23(13-15-24)16-20(25)22-18-8-4-2-5-9-18/h2-11,17H,12-16H2,1H3,(H,22,25). The van der Waals surface area contributed by atoms with Crippen molar-refractivity contribution in [1.29, 1.82) is 0 Å². The Kier molecular flexibility index (Phi) is 6.90. The van der Waals surface area contributed by atoms with E-state index in [1.54, 1.807) is 11.8 Å². The Morgan fingerprint density at radius 3 is 2.19 bits per heavy atom. The second-order valence-corrected chi connectivity index (χ2v) is 8.00. The monoisotopic (exact) mass is 383 g/mol. The SMILES string of the molecule is CC(Sc1ccccc1)C(=O)N1CCN(CC(=O)Nc2ccccc2)CC1. The van der Waals surface area contributed by atoms with Crippen molar-refractivity contribution in [3.8, 4) is 0 Å². The van der Waals surface area contributed by atoms with Crippen LogP contribution in [0.15, 0.2) is 65.6 Å². The summed E-state index contributed by atoms with van der Waals surface area (Å²) in [6.07, 6.45) is 0. The van der Waals surface area contributed by atoms with E-state index < -0.39 is 0 Å². The van der Waals surface area contributed by atoms with Crippen LogP contribution in [0, 0.1) is 0 Å². The zero-order valence-electron chi connectivity index (χ0n) is 15.5. The first-order valence-corrected chi connectivity index (χ1v) is 10.1. The first kappa shape index (κ1) is 19.5. The van der Waals surface area contributed by atoms with Crippen LogP contribution in [0.2, 0.25) is 0 Å². The normalized spacial score (nSPS) is 16.0. The van der Waals surface area contributed by atoms with E-state index >= 15 is 0 Å². The fourth-order valence-electron chi connectivity index (χ4n) is 3.06. The van der Waals surface area contributed by atoms with Gasteiger partial charge in [-0.25, -0.2) is 0 Å². The minimum Gasteiger partial charge on any atom is -0.339 e. The van der Waals surface area contributed by atoms with E-state index in [4.69, 9.17) is 0 Å². The molecule has 2 amide bonds. The molecule has 6 heteroatoms. The zero-order chi connectivity index (χ0) is 19.1. The van der Waals surface area contributed by atoms with Gasteiger partial charge < -0.3 is 10.2 Å². The van der Waals surface area contributed by atoms with Gasteiger partial charge in [0.1, 0.15) is 0 Å². The molecule has 1 saturated heterocycles. The number of hydrogen-bond donors (Lipinski definition) is 1. The molecule has 0 bridgehead atoms. The van der Waals surface area contributed by atoms with Gasteiger partial charge in [0.15, 0.2) is 0 Å². The molecule has 0 aromatic heterocycles. The lowest BCUT2D eigenvalue weighted by atomic mass is 10.2. The summed E-state index contributed by atoms with van der Waals surface area (Å²) in [5.41, 5.74) is 0.808. The van der Waals surface area contributed by atoms with Crippen LogP contribution < -0.4 is 5.32 Å². The summed E-state index contributed by atoms with van der Waals surface area (Å²) in [7, 11) is 0. The Morgan fingerprint density at radius 1 is 0.963 bits per heavy atom. The molecule has 1 N–H and O–H groups in total. The Balaban J connectivity index is 1.42. The molecule has 0 spiro atoms. The highest BCUT2D eigenvalue weighted by molar-refractivity contribution is 8.00. The molecule has 142 valence electrons. The summed E-state index contributed by atoms with van der Waals surface area (Å²) in [5, 5.41) is 2.79. The van der Waals surface area contributed by atoms with Gasteiger partial charge in [-0.15, -0.1) is 11.8 Å². The molecule has 1 atom stereocenters. The van der Waals surface area contributed by atoms with Crippen molar-refractivity contribution in [1.82, 2.24) is 9.80 Å². The number of para-hydroxylation sites is 1. The van der Waals surface area contributed by atoms with Gasteiger partial charge in [-0.1, -0.05) is 36.4 Å². The third-order valence-corrected chi connectivity index (χ3v) is 5.61. The molecule has 1 aliphatic heterocycles. The van der Waals surface area contributed by atoms with Crippen LogP contribution in [-0.4, -0.2) is 59.6 Å². The molecule has 1 unspecified atom stereocenters. The summed E-state index contributed by atoms with van der Waals surface area (Å²) in [6, 6.07) is 19.5. The van der Waals surface area contributed by atoms with E-state index in [-0.39, 0.29) is 17.1 Å². The van der Waals surface area contributed by atoms with Crippen LogP contribution in [-0.2, 0) is 9.59 Å². The van der Waals surface area contributed by atoms with Gasteiger partial charge in [-0.3, -0.25) is 14.5 Å². The highest BCUT2D eigenvalue weighted by Gasteiger charge is 2.26. The van der Waals surface area contributed by atoms with Crippen molar-refractivity contribution in [2.75, 3.05) is 38.0 Å².